The molecule has 3 aromatic carbocycles. The summed E-state index contributed by atoms with van der Waals surface area (Å²) in [6.45, 7) is 0.692. The number of halogens is 2. The average Bonchev–Trinajstić information content (AvgIpc) is 3.08. The Morgan fingerprint density at radius 2 is 1.76 bits per heavy atom. The third kappa shape index (κ3) is 4.50. The minimum atomic E-state index is 0.692. The summed E-state index contributed by atoms with van der Waals surface area (Å²) in [6, 6.07) is 21.9. The highest BCUT2D eigenvalue weighted by Crippen LogP contribution is 2.38. The number of aromatic amines is 1. The molecule has 0 saturated carbocycles. The first kappa shape index (κ1) is 20.0. The Kier molecular flexibility index (Phi) is 6.24. The molecule has 0 saturated heterocycles. The van der Waals surface area contributed by atoms with E-state index in [9.17, 15) is 0 Å². The van der Waals surface area contributed by atoms with Gasteiger partial charge in [0.25, 0.3) is 0 Å². The summed E-state index contributed by atoms with van der Waals surface area (Å²) in [6.07, 6.45) is 2.93. The largest absolute Gasteiger partial charge is 0.457 e. The molecule has 0 amide bonds. The lowest BCUT2D eigenvalue weighted by Crippen LogP contribution is -1.99. The van der Waals surface area contributed by atoms with Gasteiger partial charge in [0.05, 0.1) is 5.69 Å². The molecular weight excluding hydrogens is 448 g/mol. The number of hydrogen-bond acceptors (Lipinski definition) is 2. The van der Waals surface area contributed by atoms with Crippen LogP contribution in [0.1, 0.15) is 18.4 Å². The first-order valence-electron chi connectivity index (χ1n) is 9.68. The number of benzene rings is 3. The highest BCUT2D eigenvalue weighted by Gasteiger charge is 2.16. The van der Waals surface area contributed by atoms with Crippen molar-refractivity contribution >= 4 is 38.4 Å². The van der Waals surface area contributed by atoms with Crippen molar-refractivity contribution in [2.45, 2.75) is 19.3 Å². The zero-order chi connectivity index (χ0) is 20.2. The minimum absolute atomic E-state index is 0.692. The van der Waals surface area contributed by atoms with Crippen molar-refractivity contribution in [3.63, 3.8) is 0 Å². The maximum Gasteiger partial charge on any atom is 0.128 e. The molecule has 0 aliphatic heterocycles. The summed E-state index contributed by atoms with van der Waals surface area (Å²) in [5, 5.41) is 1.88. The molecule has 4 rings (SSSR count). The lowest BCUT2D eigenvalue weighted by Gasteiger charge is -2.09. The van der Waals surface area contributed by atoms with Crippen molar-refractivity contribution in [2.75, 3.05) is 6.54 Å². The van der Waals surface area contributed by atoms with Crippen LogP contribution in [-0.4, -0.2) is 11.5 Å². The molecule has 0 spiro atoms. The molecule has 0 radical (unpaired) electrons. The van der Waals surface area contributed by atoms with Crippen molar-refractivity contribution in [3.8, 4) is 22.8 Å². The van der Waals surface area contributed by atoms with Gasteiger partial charge in [-0.3, -0.25) is 0 Å². The second-order valence-corrected chi connectivity index (χ2v) is 8.29. The second kappa shape index (κ2) is 9.04. The fraction of sp³-hybridized carbons (Fsp3) is 0.167. The van der Waals surface area contributed by atoms with E-state index in [1.807, 2.05) is 48.5 Å². The van der Waals surface area contributed by atoms with Gasteiger partial charge in [0, 0.05) is 26.0 Å². The Balaban J connectivity index is 1.80. The topological polar surface area (TPSA) is 51.0 Å². The van der Waals surface area contributed by atoms with E-state index < -0.39 is 0 Å². The minimum Gasteiger partial charge on any atom is -0.457 e. The van der Waals surface area contributed by atoms with Crippen molar-refractivity contribution in [1.29, 1.82) is 0 Å². The zero-order valence-corrected chi connectivity index (χ0v) is 18.3. The number of fused-ring (bicyclic) bond motifs is 1. The first-order valence-corrected chi connectivity index (χ1v) is 10.9. The van der Waals surface area contributed by atoms with Crippen LogP contribution in [0.3, 0.4) is 0 Å². The maximum absolute atomic E-state index is 6.54. The van der Waals surface area contributed by atoms with Crippen LogP contribution in [-0.2, 0) is 6.42 Å². The zero-order valence-electron chi connectivity index (χ0n) is 15.9. The van der Waals surface area contributed by atoms with Crippen LogP contribution in [0, 0.1) is 0 Å². The van der Waals surface area contributed by atoms with E-state index in [4.69, 9.17) is 22.1 Å². The van der Waals surface area contributed by atoms with Gasteiger partial charge < -0.3 is 15.5 Å². The third-order valence-corrected chi connectivity index (χ3v) is 5.76. The Hall–Kier alpha value is -2.27. The number of aryl methyl sites for hydroxylation is 1. The molecule has 29 heavy (non-hydrogen) atoms. The number of unbranched alkanes of at least 4 members (excludes halogenated alkanes) is 1. The standard InChI is InChI=1S/C24H22BrClN2O/c25-16-9-11-22(26)21(14-16)24-19(8-4-5-13-27)20-15-18(10-12-23(20)28-24)29-17-6-2-1-3-7-17/h1-3,6-7,9-12,14-15,28H,4-5,8,13,27H2. The summed E-state index contributed by atoms with van der Waals surface area (Å²) in [4.78, 5) is 3.57. The molecule has 0 aliphatic carbocycles. The van der Waals surface area contributed by atoms with Gasteiger partial charge >= 0.3 is 0 Å². The van der Waals surface area contributed by atoms with Gasteiger partial charge in [-0.05, 0) is 79.9 Å². The number of ether oxygens (including phenoxy) is 1. The van der Waals surface area contributed by atoms with Crippen LogP contribution >= 0.6 is 27.5 Å². The van der Waals surface area contributed by atoms with Gasteiger partial charge in [-0.1, -0.05) is 45.7 Å². The van der Waals surface area contributed by atoms with E-state index >= 15 is 0 Å². The van der Waals surface area contributed by atoms with E-state index in [1.54, 1.807) is 0 Å². The number of rotatable bonds is 7. The van der Waals surface area contributed by atoms with Crippen LogP contribution in [0.25, 0.3) is 22.2 Å². The van der Waals surface area contributed by atoms with Crippen molar-refractivity contribution in [3.05, 3.63) is 81.8 Å². The van der Waals surface area contributed by atoms with Crippen LogP contribution in [0.15, 0.2) is 71.2 Å². The summed E-state index contributed by atoms with van der Waals surface area (Å²) < 4.78 is 7.05. The molecule has 3 N–H and O–H groups in total. The molecular formula is C24H22BrClN2O. The summed E-state index contributed by atoms with van der Waals surface area (Å²) in [5.74, 6) is 1.64. The monoisotopic (exact) mass is 468 g/mol. The van der Waals surface area contributed by atoms with E-state index in [0.29, 0.717) is 6.54 Å². The number of nitrogens with one attached hydrogen (secondary N) is 1. The molecule has 0 fully saturated rings. The van der Waals surface area contributed by atoms with E-state index in [0.717, 1.165) is 62.4 Å². The Morgan fingerprint density at radius 3 is 2.55 bits per heavy atom. The molecule has 1 aromatic heterocycles. The number of para-hydroxylation sites is 1. The fourth-order valence-corrected chi connectivity index (χ4v) is 4.11. The lowest BCUT2D eigenvalue weighted by atomic mass is 10.00. The number of hydrogen-bond donors (Lipinski definition) is 2. The Labute approximate surface area is 184 Å². The van der Waals surface area contributed by atoms with Crippen LogP contribution in [0.2, 0.25) is 5.02 Å². The van der Waals surface area contributed by atoms with Gasteiger partial charge in [-0.25, -0.2) is 0 Å². The van der Waals surface area contributed by atoms with E-state index in [2.05, 4.69) is 39.1 Å². The predicted molar refractivity (Wildman–Crippen MR) is 125 cm³/mol. The Morgan fingerprint density at radius 1 is 0.931 bits per heavy atom. The molecule has 5 heteroatoms. The van der Waals surface area contributed by atoms with Gasteiger partial charge in [-0.15, -0.1) is 0 Å². The normalized spacial score (nSPS) is 11.1. The molecule has 0 bridgehead atoms. The number of nitrogens with two attached hydrogens (primary N) is 1. The molecule has 3 nitrogen and oxygen atoms in total. The maximum atomic E-state index is 6.54. The quantitative estimate of drug-likeness (QED) is 0.278. The predicted octanol–water partition coefficient (Wildman–Crippen LogP) is 7.32. The first-order chi connectivity index (χ1) is 14.2. The second-order valence-electron chi connectivity index (χ2n) is 6.97. The van der Waals surface area contributed by atoms with Crippen LogP contribution in [0.5, 0.6) is 11.5 Å². The van der Waals surface area contributed by atoms with Crippen molar-refractivity contribution < 1.29 is 4.74 Å². The third-order valence-electron chi connectivity index (χ3n) is 4.94. The lowest BCUT2D eigenvalue weighted by molar-refractivity contribution is 0.483. The molecule has 4 aromatic rings. The Bertz CT molecular complexity index is 1120. The summed E-state index contributed by atoms with van der Waals surface area (Å²) in [7, 11) is 0. The fourth-order valence-electron chi connectivity index (χ4n) is 3.54. The number of aromatic nitrogens is 1. The van der Waals surface area contributed by atoms with Crippen molar-refractivity contribution in [2.24, 2.45) is 5.73 Å². The highest BCUT2D eigenvalue weighted by atomic mass is 79.9. The SMILES string of the molecule is NCCCCc1c(-c2cc(Br)ccc2Cl)[nH]c2ccc(Oc3ccccc3)cc12. The van der Waals surface area contributed by atoms with Gasteiger partial charge in [-0.2, -0.15) is 0 Å². The highest BCUT2D eigenvalue weighted by molar-refractivity contribution is 9.10. The summed E-state index contributed by atoms with van der Waals surface area (Å²) in [5.41, 5.74) is 10.1. The van der Waals surface area contributed by atoms with Crippen molar-refractivity contribution in [1.82, 2.24) is 4.98 Å². The number of H-pyrrole nitrogens is 1. The molecule has 0 atom stereocenters. The van der Waals surface area contributed by atoms with Crippen LogP contribution < -0.4 is 10.5 Å². The molecule has 148 valence electrons. The van der Waals surface area contributed by atoms with Crippen LogP contribution in [0.4, 0.5) is 0 Å². The summed E-state index contributed by atoms with van der Waals surface area (Å²) >= 11 is 10.1. The van der Waals surface area contributed by atoms with E-state index in [-0.39, 0.29) is 0 Å². The molecule has 0 aliphatic rings. The molecule has 0 unspecified atom stereocenters. The van der Waals surface area contributed by atoms with E-state index in [1.165, 1.54) is 5.56 Å². The molecule has 1 heterocycles. The van der Waals surface area contributed by atoms with Gasteiger partial charge in [0.1, 0.15) is 11.5 Å². The average molecular weight is 470 g/mol. The van der Waals surface area contributed by atoms with Gasteiger partial charge in [0.2, 0.25) is 0 Å². The van der Waals surface area contributed by atoms with Gasteiger partial charge in [0.15, 0.2) is 0 Å². The smallest absolute Gasteiger partial charge is 0.128 e.